The first-order chi connectivity index (χ1) is 8.68. The topological polar surface area (TPSA) is 49.3 Å². The third-order valence-corrected chi connectivity index (χ3v) is 2.62. The van der Waals surface area contributed by atoms with Crippen molar-refractivity contribution in [2.45, 2.75) is 0 Å². The Morgan fingerprint density at radius 1 is 1.00 bits per heavy atom. The molecule has 2 N–H and O–H groups in total. The van der Waals surface area contributed by atoms with Crippen LogP contribution in [0.2, 0.25) is 0 Å². The van der Waals surface area contributed by atoms with Crippen LogP contribution in [-0.2, 0) is 0 Å². The molecule has 0 spiro atoms. The Hall–Kier alpha value is -2.55. The first kappa shape index (κ1) is 11.9. The van der Waals surface area contributed by atoms with Gasteiger partial charge in [0, 0.05) is 5.56 Å². The van der Waals surface area contributed by atoms with Gasteiger partial charge in [-0.25, -0.2) is 4.79 Å². The van der Waals surface area contributed by atoms with E-state index >= 15 is 0 Å². The molecule has 0 bridgehead atoms. The minimum Gasteiger partial charge on any atom is -0.465 e. The molecule has 0 aliphatic carbocycles. The second-order valence-electron chi connectivity index (χ2n) is 3.82. The van der Waals surface area contributed by atoms with Gasteiger partial charge in [-0.1, -0.05) is 55.1 Å². The largest absolute Gasteiger partial charge is 0.465 e. The van der Waals surface area contributed by atoms with Crippen molar-refractivity contribution in [1.29, 1.82) is 0 Å². The zero-order chi connectivity index (χ0) is 13.0. The van der Waals surface area contributed by atoms with Crippen molar-refractivity contribution in [2.75, 3.05) is 5.32 Å². The molecule has 0 saturated carbocycles. The van der Waals surface area contributed by atoms with E-state index in [1.54, 1.807) is 12.1 Å². The first-order valence-corrected chi connectivity index (χ1v) is 5.52. The molecule has 18 heavy (non-hydrogen) atoms. The molecule has 3 nitrogen and oxygen atoms in total. The van der Waals surface area contributed by atoms with Crippen molar-refractivity contribution < 1.29 is 9.90 Å². The zero-order valence-corrected chi connectivity index (χ0v) is 9.76. The van der Waals surface area contributed by atoms with Crippen molar-refractivity contribution in [2.24, 2.45) is 0 Å². The highest BCUT2D eigenvalue weighted by molar-refractivity contribution is 5.91. The lowest BCUT2D eigenvalue weighted by Crippen LogP contribution is -2.09. The van der Waals surface area contributed by atoms with E-state index in [-0.39, 0.29) is 0 Å². The molecule has 0 aromatic heterocycles. The highest BCUT2D eigenvalue weighted by atomic mass is 16.4. The minimum atomic E-state index is -1.08. The fourth-order valence-electron chi connectivity index (χ4n) is 1.77. The number of hydrogen-bond acceptors (Lipinski definition) is 1. The Morgan fingerprint density at radius 2 is 1.61 bits per heavy atom. The minimum absolute atomic E-state index is 0.541. The van der Waals surface area contributed by atoms with Gasteiger partial charge < -0.3 is 5.11 Å². The molecule has 0 saturated heterocycles. The highest BCUT2D eigenvalue weighted by Crippen LogP contribution is 2.27. The highest BCUT2D eigenvalue weighted by Gasteiger charge is 2.08. The van der Waals surface area contributed by atoms with E-state index in [0.29, 0.717) is 5.69 Å². The van der Waals surface area contributed by atoms with Crippen LogP contribution in [0.5, 0.6) is 0 Å². The number of amides is 1. The lowest BCUT2D eigenvalue weighted by Gasteiger charge is -2.11. The molecule has 0 aliphatic heterocycles. The molecule has 0 heterocycles. The Bertz CT molecular complexity index is 576. The van der Waals surface area contributed by atoms with Gasteiger partial charge in [0.1, 0.15) is 0 Å². The number of hydrogen-bond donors (Lipinski definition) is 2. The van der Waals surface area contributed by atoms with Crippen molar-refractivity contribution in [3.63, 3.8) is 0 Å². The Morgan fingerprint density at radius 3 is 2.28 bits per heavy atom. The maximum Gasteiger partial charge on any atom is 0.409 e. The normalized spacial score (nSPS) is 9.78. The number of rotatable bonds is 3. The summed E-state index contributed by atoms with van der Waals surface area (Å²) < 4.78 is 0. The van der Waals surface area contributed by atoms with E-state index in [0.717, 1.165) is 16.7 Å². The van der Waals surface area contributed by atoms with Gasteiger partial charge in [0.2, 0.25) is 0 Å². The van der Waals surface area contributed by atoms with E-state index in [9.17, 15) is 4.79 Å². The van der Waals surface area contributed by atoms with Crippen LogP contribution < -0.4 is 5.32 Å². The van der Waals surface area contributed by atoms with E-state index in [4.69, 9.17) is 5.11 Å². The van der Waals surface area contributed by atoms with E-state index in [1.165, 1.54) is 0 Å². The van der Waals surface area contributed by atoms with Crippen molar-refractivity contribution in [1.82, 2.24) is 0 Å². The summed E-state index contributed by atoms with van der Waals surface area (Å²) >= 11 is 0. The van der Waals surface area contributed by atoms with Gasteiger partial charge in [0.05, 0.1) is 5.69 Å². The molecule has 0 radical (unpaired) electrons. The van der Waals surface area contributed by atoms with Crippen molar-refractivity contribution in [3.05, 3.63) is 72.3 Å². The molecule has 90 valence electrons. The fourth-order valence-corrected chi connectivity index (χ4v) is 1.77. The quantitative estimate of drug-likeness (QED) is 0.855. The Kier molecular flexibility index (Phi) is 3.44. The Labute approximate surface area is 105 Å². The number of carboxylic acid groups (broad SMARTS) is 1. The summed E-state index contributed by atoms with van der Waals surface area (Å²) in [5.41, 5.74) is 3.09. The predicted octanol–water partition coefficient (Wildman–Crippen LogP) is 3.84. The zero-order valence-electron chi connectivity index (χ0n) is 9.76. The van der Waals surface area contributed by atoms with Crippen LogP contribution in [0, 0.1) is 0 Å². The van der Waals surface area contributed by atoms with Crippen LogP contribution in [0.1, 0.15) is 11.1 Å². The fraction of sp³-hybridized carbons (Fsp3) is 0. The molecule has 0 unspecified atom stereocenters. The number of anilines is 1. The van der Waals surface area contributed by atoms with Crippen LogP contribution in [0.15, 0.2) is 61.2 Å². The molecule has 0 atom stereocenters. The molecular weight excluding hydrogens is 226 g/mol. The summed E-state index contributed by atoms with van der Waals surface area (Å²) in [6, 6.07) is 16.9. The lowest BCUT2D eigenvalue weighted by atomic mass is 9.98. The standard InChI is InChI=1S/C15H13NO2/c1-11(12-7-3-2-4-8-12)13-9-5-6-10-14(13)16-15(17)18/h2-10,16H,1H2,(H,17,18). The molecule has 2 aromatic carbocycles. The molecule has 2 aromatic rings. The van der Waals surface area contributed by atoms with Crippen LogP contribution in [-0.4, -0.2) is 11.2 Å². The summed E-state index contributed by atoms with van der Waals surface area (Å²) in [4.78, 5) is 10.7. The summed E-state index contributed by atoms with van der Waals surface area (Å²) in [7, 11) is 0. The smallest absolute Gasteiger partial charge is 0.409 e. The number of nitrogens with one attached hydrogen (secondary N) is 1. The van der Waals surface area contributed by atoms with Gasteiger partial charge in [-0.2, -0.15) is 0 Å². The molecule has 3 heteroatoms. The second kappa shape index (κ2) is 5.19. The van der Waals surface area contributed by atoms with Crippen molar-refractivity contribution in [3.8, 4) is 0 Å². The van der Waals surface area contributed by atoms with Gasteiger partial charge >= 0.3 is 6.09 Å². The maximum atomic E-state index is 10.7. The number of benzene rings is 2. The predicted molar refractivity (Wildman–Crippen MR) is 72.7 cm³/mol. The third kappa shape index (κ3) is 2.58. The van der Waals surface area contributed by atoms with Crippen LogP contribution in [0.4, 0.5) is 10.5 Å². The van der Waals surface area contributed by atoms with E-state index < -0.39 is 6.09 Å². The van der Waals surface area contributed by atoms with Crippen LogP contribution in [0.3, 0.4) is 0 Å². The van der Waals surface area contributed by atoms with E-state index in [1.807, 2.05) is 42.5 Å². The molecule has 0 aliphatic rings. The van der Waals surface area contributed by atoms with Gasteiger partial charge in [0.25, 0.3) is 0 Å². The van der Waals surface area contributed by atoms with Crippen LogP contribution >= 0.6 is 0 Å². The maximum absolute atomic E-state index is 10.7. The SMILES string of the molecule is C=C(c1ccccc1)c1ccccc1NC(=O)O. The first-order valence-electron chi connectivity index (χ1n) is 5.52. The summed E-state index contributed by atoms with van der Waals surface area (Å²) in [6.45, 7) is 4.03. The van der Waals surface area contributed by atoms with Gasteiger partial charge in [0.15, 0.2) is 0 Å². The number of carbonyl (C=O) groups is 1. The Balaban J connectivity index is 2.39. The van der Waals surface area contributed by atoms with E-state index in [2.05, 4.69) is 11.9 Å². The number of para-hydroxylation sites is 1. The summed E-state index contributed by atoms with van der Waals surface area (Å²) in [5.74, 6) is 0. The third-order valence-electron chi connectivity index (χ3n) is 2.62. The van der Waals surface area contributed by atoms with Gasteiger partial charge in [-0.15, -0.1) is 0 Å². The van der Waals surface area contributed by atoms with Crippen molar-refractivity contribution >= 4 is 17.4 Å². The molecule has 2 rings (SSSR count). The van der Waals surface area contributed by atoms with Gasteiger partial charge in [-0.05, 0) is 17.2 Å². The molecule has 0 fully saturated rings. The summed E-state index contributed by atoms with van der Waals surface area (Å²) in [6.07, 6.45) is -1.08. The molecule has 1 amide bonds. The monoisotopic (exact) mass is 239 g/mol. The second-order valence-corrected chi connectivity index (χ2v) is 3.82. The average Bonchev–Trinajstić information content (AvgIpc) is 2.39. The average molecular weight is 239 g/mol. The summed E-state index contributed by atoms with van der Waals surface area (Å²) in [5, 5.41) is 11.2. The van der Waals surface area contributed by atoms with Gasteiger partial charge in [-0.3, -0.25) is 5.32 Å². The lowest BCUT2D eigenvalue weighted by molar-refractivity contribution is 0.209. The molecular formula is C15H13NO2. The van der Waals surface area contributed by atoms with Crippen LogP contribution in [0.25, 0.3) is 5.57 Å².